The number of pyridine rings is 1. The maximum absolute atomic E-state index is 5.95. The maximum Gasteiger partial charge on any atom is 0.122 e. The van der Waals surface area contributed by atoms with Crippen LogP contribution in [0.2, 0.25) is 0 Å². The van der Waals surface area contributed by atoms with Crippen molar-refractivity contribution in [2.75, 3.05) is 26.8 Å². The van der Waals surface area contributed by atoms with E-state index >= 15 is 0 Å². The van der Waals surface area contributed by atoms with Crippen molar-refractivity contribution in [3.05, 3.63) is 23.5 Å². The highest BCUT2D eigenvalue weighted by Crippen LogP contribution is 2.17. The fourth-order valence-corrected chi connectivity index (χ4v) is 2.35. The monoisotopic (exact) mass is 280 g/mol. The highest BCUT2D eigenvalue weighted by molar-refractivity contribution is 5.26. The number of aromatic nitrogens is 1. The minimum absolute atomic E-state index is 0.0884. The molecule has 1 aliphatic heterocycles. The number of aryl methyl sites for hydroxylation is 1. The second kappa shape index (κ2) is 6.52. The highest BCUT2D eigenvalue weighted by Gasteiger charge is 2.28. The Bertz CT molecular complexity index is 449. The minimum atomic E-state index is -0.128. The van der Waals surface area contributed by atoms with Gasteiger partial charge in [0.15, 0.2) is 0 Å². The second-order valence-electron chi connectivity index (χ2n) is 5.79. The van der Waals surface area contributed by atoms with Gasteiger partial charge in [-0.15, -0.1) is 0 Å². The molecule has 1 saturated heterocycles. The number of hydrogen-bond donors (Lipinski definition) is 1. The predicted octanol–water partition coefficient (Wildman–Crippen LogP) is 1.68. The Morgan fingerprint density at radius 1 is 1.45 bits per heavy atom. The molecule has 1 unspecified atom stereocenters. The van der Waals surface area contributed by atoms with Crippen LogP contribution in [0.25, 0.3) is 0 Å². The van der Waals surface area contributed by atoms with Gasteiger partial charge in [-0.1, -0.05) is 0 Å². The number of methoxy groups -OCH3 is 1. The van der Waals surface area contributed by atoms with E-state index in [4.69, 9.17) is 14.2 Å². The molecule has 1 aromatic rings. The van der Waals surface area contributed by atoms with Crippen molar-refractivity contribution in [2.24, 2.45) is 0 Å². The molecule has 0 amide bonds. The van der Waals surface area contributed by atoms with Crippen molar-refractivity contribution in [1.29, 1.82) is 0 Å². The SMILES string of the molecule is COc1cc(C)nc(COCC2CNCC(C)(C)O2)c1. The fourth-order valence-electron chi connectivity index (χ4n) is 2.35. The molecule has 2 rings (SSSR count). The van der Waals surface area contributed by atoms with E-state index < -0.39 is 0 Å². The molecule has 5 heteroatoms. The van der Waals surface area contributed by atoms with Gasteiger partial charge < -0.3 is 19.5 Å². The molecule has 0 aromatic carbocycles. The molecule has 5 nitrogen and oxygen atoms in total. The summed E-state index contributed by atoms with van der Waals surface area (Å²) in [6, 6.07) is 3.80. The van der Waals surface area contributed by atoms with E-state index in [1.807, 2.05) is 19.1 Å². The molecule has 1 aliphatic rings. The fraction of sp³-hybridized carbons (Fsp3) is 0.667. The molecule has 1 N–H and O–H groups in total. The van der Waals surface area contributed by atoms with E-state index in [0.717, 1.165) is 30.2 Å². The molecular weight excluding hydrogens is 256 g/mol. The van der Waals surface area contributed by atoms with Crippen molar-refractivity contribution in [2.45, 2.75) is 39.1 Å². The van der Waals surface area contributed by atoms with Crippen LogP contribution in [-0.2, 0) is 16.1 Å². The second-order valence-corrected chi connectivity index (χ2v) is 5.79. The first-order valence-electron chi connectivity index (χ1n) is 6.96. The van der Waals surface area contributed by atoms with Crippen LogP contribution in [0.5, 0.6) is 5.75 Å². The number of rotatable bonds is 5. The summed E-state index contributed by atoms with van der Waals surface area (Å²) in [6.45, 7) is 8.85. The summed E-state index contributed by atoms with van der Waals surface area (Å²) in [5, 5.41) is 3.36. The van der Waals surface area contributed by atoms with Crippen molar-refractivity contribution >= 4 is 0 Å². The third-order valence-corrected chi connectivity index (χ3v) is 3.18. The Labute approximate surface area is 120 Å². The number of nitrogens with zero attached hydrogens (tertiary/aromatic N) is 1. The van der Waals surface area contributed by atoms with Crippen LogP contribution in [0.4, 0.5) is 0 Å². The third-order valence-electron chi connectivity index (χ3n) is 3.18. The van der Waals surface area contributed by atoms with Crippen LogP contribution in [-0.4, -0.2) is 43.5 Å². The van der Waals surface area contributed by atoms with E-state index in [0.29, 0.717) is 13.2 Å². The summed E-state index contributed by atoms with van der Waals surface area (Å²) in [7, 11) is 1.66. The topological polar surface area (TPSA) is 52.6 Å². The van der Waals surface area contributed by atoms with Gasteiger partial charge in [-0.3, -0.25) is 4.98 Å². The lowest BCUT2D eigenvalue weighted by atomic mass is 10.1. The number of ether oxygens (including phenoxy) is 3. The van der Waals surface area contributed by atoms with Crippen LogP contribution >= 0.6 is 0 Å². The lowest BCUT2D eigenvalue weighted by Gasteiger charge is -2.36. The minimum Gasteiger partial charge on any atom is -0.497 e. The lowest BCUT2D eigenvalue weighted by molar-refractivity contribution is -0.122. The van der Waals surface area contributed by atoms with E-state index in [-0.39, 0.29) is 11.7 Å². The van der Waals surface area contributed by atoms with Gasteiger partial charge in [0.05, 0.1) is 37.7 Å². The Kier molecular flexibility index (Phi) is 4.96. The van der Waals surface area contributed by atoms with Crippen molar-refractivity contribution in [3.8, 4) is 5.75 Å². The van der Waals surface area contributed by atoms with E-state index in [2.05, 4.69) is 24.1 Å². The van der Waals surface area contributed by atoms with Gasteiger partial charge in [0.25, 0.3) is 0 Å². The number of morpholine rings is 1. The van der Waals surface area contributed by atoms with E-state index in [1.165, 1.54) is 0 Å². The first kappa shape index (κ1) is 15.2. The number of nitrogens with one attached hydrogen (secondary N) is 1. The summed E-state index contributed by atoms with van der Waals surface area (Å²) < 4.78 is 16.9. The molecule has 0 saturated carbocycles. The van der Waals surface area contributed by atoms with E-state index in [9.17, 15) is 0 Å². The summed E-state index contributed by atoms with van der Waals surface area (Å²) in [6.07, 6.45) is 0.0884. The van der Waals surface area contributed by atoms with Crippen LogP contribution < -0.4 is 10.1 Å². The van der Waals surface area contributed by atoms with Crippen LogP contribution in [0.15, 0.2) is 12.1 Å². The summed E-state index contributed by atoms with van der Waals surface area (Å²) in [5.41, 5.74) is 1.68. The van der Waals surface area contributed by atoms with Crippen LogP contribution in [0, 0.1) is 6.92 Å². The molecule has 0 spiro atoms. The number of hydrogen-bond acceptors (Lipinski definition) is 5. The predicted molar refractivity (Wildman–Crippen MR) is 77.0 cm³/mol. The van der Waals surface area contributed by atoms with Crippen LogP contribution in [0.1, 0.15) is 25.2 Å². The van der Waals surface area contributed by atoms with Gasteiger partial charge in [-0.2, -0.15) is 0 Å². The largest absolute Gasteiger partial charge is 0.497 e. The lowest BCUT2D eigenvalue weighted by Crippen LogP contribution is -2.51. The summed E-state index contributed by atoms with van der Waals surface area (Å²) in [4.78, 5) is 4.43. The first-order chi connectivity index (χ1) is 9.48. The molecule has 0 radical (unpaired) electrons. The maximum atomic E-state index is 5.95. The average Bonchev–Trinajstić information content (AvgIpc) is 2.37. The standard InChI is InChI=1S/C15H24N2O3/c1-11-5-13(18-4)6-12(17-11)8-19-9-14-7-16-10-15(2,3)20-14/h5-6,14,16H,7-10H2,1-4H3. The molecule has 20 heavy (non-hydrogen) atoms. The third kappa shape index (κ3) is 4.44. The summed E-state index contributed by atoms with van der Waals surface area (Å²) in [5.74, 6) is 0.813. The molecule has 0 bridgehead atoms. The van der Waals surface area contributed by atoms with Gasteiger partial charge in [0.2, 0.25) is 0 Å². The van der Waals surface area contributed by atoms with Crippen molar-refractivity contribution < 1.29 is 14.2 Å². The van der Waals surface area contributed by atoms with Crippen molar-refractivity contribution in [1.82, 2.24) is 10.3 Å². The Balaban J connectivity index is 1.82. The van der Waals surface area contributed by atoms with Crippen LogP contribution in [0.3, 0.4) is 0 Å². The van der Waals surface area contributed by atoms with Gasteiger partial charge in [-0.05, 0) is 20.8 Å². The van der Waals surface area contributed by atoms with Gasteiger partial charge >= 0.3 is 0 Å². The Morgan fingerprint density at radius 2 is 2.25 bits per heavy atom. The summed E-state index contributed by atoms with van der Waals surface area (Å²) >= 11 is 0. The zero-order valence-corrected chi connectivity index (χ0v) is 12.7. The zero-order valence-electron chi connectivity index (χ0n) is 12.7. The van der Waals surface area contributed by atoms with E-state index in [1.54, 1.807) is 7.11 Å². The Hall–Kier alpha value is -1.17. The molecule has 1 atom stereocenters. The molecular formula is C15H24N2O3. The smallest absolute Gasteiger partial charge is 0.122 e. The molecule has 0 aliphatic carbocycles. The Morgan fingerprint density at radius 3 is 2.95 bits per heavy atom. The average molecular weight is 280 g/mol. The van der Waals surface area contributed by atoms with Crippen molar-refractivity contribution in [3.63, 3.8) is 0 Å². The zero-order chi connectivity index (χ0) is 14.6. The highest BCUT2D eigenvalue weighted by atomic mass is 16.5. The molecule has 1 fully saturated rings. The first-order valence-corrected chi connectivity index (χ1v) is 6.96. The molecule has 1 aromatic heterocycles. The van der Waals surface area contributed by atoms with Gasteiger partial charge in [0.1, 0.15) is 5.75 Å². The molecule has 112 valence electrons. The normalized spacial score (nSPS) is 21.7. The molecule has 2 heterocycles. The van der Waals surface area contributed by atoms with Gasteiger partial charge in [-0.25, -0.2) is 0 Å². The van der Waals surface area contributed by atoms with Gasteiger partial charge in [0, 0.05) is 30.9 Å². The quantitative estimate of drug-likeness (QED) is 0.889.